The highest BCUT2D eigenvalue weighted by molar-refractivity contribution is 5.90. The molecule has 0 aliphatic rings. The molecule has 0 unspecified atom stereocenters. The maximum Gasteiger partial charge on any atom is 0.227 e. The summed E-state index contributed by atoms with van der Waals surface area (Å²) in [4.78, 5) is 11.9. The Labute approximate surface area is 131 Å². The maximum atomic E-state index is 11.9. The molecule has 0 aromatic heterocycles. The predicted octanol–water partition coefficient (Wildman–Crippen LogP) is 3.67. The quantitative estimate of drug-likeness (QED) is 0.848. The minimum Gasteiger partial charge on any atom is -0.497 e. The van der Waals surface area contributed by atoms with Gasteiger partial charge in [-0.1, -0.05) is 25.1 Å². The molecule has 2 aromatic rings. The van der Waals surface area contributed by atoms with Crippen LogP contribution in [0.2, 0.25) is 0 Å². The molecule has 0 atom stereocenters. The third kappa shape index (κ3) is 4.81. The summed E-state index contributed by atoms with van der Waals surface area (Å²) in [6.45, 7) is 2.46. The Morgan fingerprint density at radius 3 is 2.55 bits per heavy atom. The van der Waals surface area contributed by atoms with Crippen LogP contribution in [-0.4, -0.2) is 19.6 Å². The van der Waals surface area contributed by atoms with E-state index in [-0.39, 0.29) is 5.91 Å². The van der Waals surface area contributed by atoms with Crippen molar-refractivity contribution in [2.24, 2.45) is 0 Å². The first-order valence-corrected chi connectivity index (χ1v) is 7.37. The van der Waals surface area contributed by atoms with Crippen LogP contribution in [0.5, 0.6) is 11.5 Å². The molecular weight excluding hydrogens is 278 g/mol. The summed E-state index contributed by atoms with van der Waals surface area (Å²) < 4.78 is 10.7. The van der Waals surface area contributed by atoms with Crippen LogP contribution in [0.25, 0.3) is 0 Å². The predicted molar refractivity (Wildman–Crippen MR) is 87.6 cm³/mol. The lowest BCUT2D eigenvalue weighted by Crippen LogP contribution is -2.15. The third-order valence-electron chi connectivity index (χ3n) is 3.28. The van der Waals surface area contributed by atoms with Gasteiger partial charge in [-0.15, -0.1) is 0 Å². The van der Waals surface area contributed by atoms with Gasteiger partial charge in [0.05, 0.1) is 20.1 Å². The van der Waals surface area contributed by atoms with Crippen LogP contribution >= 0.6 is 0 Å². The summed E-state index contributed by atoms with van der Waals surface area (Å²) in [5, 5.41) is 2.82. The topological polar surface area (TPSA) is 47.6 Å². The highest BCUT2D eigenvalue weighted by Crippen LogP contribution is 2.17. The number of carbonyl (C=O) groups excluding carboxylic acids is 1. The summed E-state index contributed by atoms with van der Waals surface area (Å²) >= 11 is 0. The molecule has 2 aromatic carbocycles. The molecule has 0 aliphatic carbocycles. The van der Waals surface area contributed by atoms with Crippen molar-refractivity contribution in [3.63, 3.8) is 0 Å². The number of nitrogens with one attached hydrogen (secondary N) is 1. The van der Waals surface area contributed by atoms with E-state index in [2.05, 4.69) is 12.2 Å². The van der Waals surface area contributed by atoms with Gasteiger partial charge in [-0.2, -0.15) is 0 Å². The van der Waals surface area contributed by atoms with Gasteiger partial charge >= 0.3 is 0 Å². The molecule has 1 N–H and O–H groups in total. The van der Waals surface area contributed by atoms with E-state index in [9.17, 15) is 4.79 Å². The van der Waals surface area contributed by atoms with E-state index in [0.717, 1.165) is 17.9 Å². The number of hydrogen-bond donors (Lipinski definition) is 1. The van der Waals surface area contributed by atoms with Crippen molar-refractivity contribution in [3.05, 3.63) is 54.1 Å². The van der Waals surface area contributed by atoms with Gasteiger partial charge in [0.1, 0.15) is 11.5 Å². The van der Waals surface area contributed by atoms with Crippen molar-refractivity contribution in [2.75, 3.05) is 19.0 Å². The molecule has 22 heavy (non-hydrogen) atoms. The lowest BCUT2D eigenvalue weighted by molar-refractivity contribution is -0.116. The average molecular weight is 299 g/mol. The lowest BCUT2D eigenvalue weighted by Gasteiger charge is -2.08. The number of amides is 1. The van der Waals surface area contributed by atoms with Gasteiger partial charge in [0.2, 0.25) is 5.91 Å². The number of carbonyl (C=O) groups is 1. The normalized spacial score (nSPS) is 10.1. The molecule has 0 aliphatic heterocycles. The highest BCUT2D eigenvalue weighted by atomic mass is 16.5. The number of anilines is 1. The van der Waals surface area contributed by atoms with Gasteiger partial charge in [-0.3, -0.25) is 4.79 Å². The van der Waals surface area contributed by atoms with Crippen molar-refractivity contribution < 1.29 is 14.3 Å². The lowest BCUT2D eigenvalue weighted by atomic mass is 10.2. The first-order chi connectivity index (χ1) is 10.7. The summed E-state index contributed by atoms with van der Waals surface area (Å²) in [5.74, 6) is 1.41. The molecule has 0 saturated heterocycles. The van der Waals surface area contributed by atoms with Gasteiger partial charge in [0, 0.05) is 11.8 Å². The van der Waals surface area contributed by atoms with E-state index in [1.165, 1.54) is 5.56 Å². The first-order valence-electron chi connectivity index (χ1n) is 7.37. The summed E-state index contributed by atoms with van der Waals surface area (Å²) in [6.07, 6.45) is 1.30. The minimum absolute atomic E-state index is 0.0848. The zero-order valence-corrected chi connectivity index (χ0v) is 13.0. The fourth-order valence-electron chi connectivity index (χ4n) is 2.01. The van der Waals surface area contributed by atoms with Gasteiger partial charge < -0.3 is 14.8 Å². The molecule has 4 heteroatoms. The van der Waals surface area contributed by atoms with E-state index in [4.69, 9.17) is 9.47 Å². The molecule has 0 heterocycles. The van der Waals surface area contributed by atoms with Crippen molar-refractivity contribution in [1.29, 1.82) is 0 Å². The largest absolute Gasteiger partial charge is 0.497 e. The van der Waals surface area contributed by atoms with Crippen molar-refractivity contribution in [3.8, 4) is 11.5 Å². The second-order valence-electron chi connectivity index (χ2n) is 4.88. The standard InChI is InChI=1S/C18H21NO3/c1-3-14-7-9-16(10-8-14)22-12-11-18(20)19-15-5-4-6-17(13-15)21-2/h4-10,13H,3,11-12H2,1-2H3,(H,19,20). The van der Waals surface area contributed by atoms with Crippen LogP contribution in [0.4, 0.5) is 5.69 Å². The Hall–Kier alpha value is -2.49. The molecule has 4 nitrogen and oxygen atoms in total. The van der Waals surface area contributed by atoms with Crippen molar-refractivity contribution in [1.82, 2.24) is 0 Å². The van der Waals surface area contributed by atoms with Crippen LogP contribution in [0.15, 0.2) is 48.5 Å². The van der Waals surface area contributed by atoms with Gasteiger partial charge in [-0.25, -0.2) is 0 Å². The van der Waals surface area contributed by atoms with Gasteiger partial charge in [0.25, 0.3) is 0 Å². The number of ether oxygens (including phenoxy) is 2. The molecule has 0 bridgehead atoms. The van der Waals surface area contributed by atoms with Crippen LogP contribution in [0.3, 0.4) is 0 Å². The Balaban J connectivity index is 1.77. The number of rotatable bonds is 7. The van der Waals surface area contributed by atoms with E-state index >= 15 is 0 Å². The van der Waals surface area contributed by atoms with Crippen LogP contribution < -0.4 is 14.8 Å². The molecule has 0 saturated carbocycles. The van der Waals surface area contributed by atoms with Crippen LogP contribution in [0, 0.1) is 0 Å². The number of benzene rings is 2. The second kappa shape index (κ2) is 8.08. The molecule has 0 radical (unpaired) electrons. The number of hydrogen-bond acceptors (Lipinski definition) is 3. The monoisotopic (exact) mass is 299 g/mol. The van der Waals surface area contributed by atoms with Crippen molar-refractivity contribution in [2.45, 2.75) is 19.8 Å². The van der Waals surface area contributed by atoms with Crippen molar-refractivity contribution >= 4 is 11.6 Å². The molecule has 0 fully saturated rings. The van der Waals surface area contributed by atoms with Crippen LogP contribution in [-0.2, 0) is 11.2 Å². The zero-order chi connectivity index (χ0) is 15.8. The Morgan fingerprint density at radius 2 is 1.86 bits per heavy atom. The summed E-state index contributed by atoms with van der Waals surface area (Å²) in [6, 6.07) is 15.2. The minimum atomic E-state index is -0.0848. The van der Waals surface area contributed by atoms with E-state index in [1.54, 1.807) is 13.2 Å². The van der Waals surface area contributed by atoms with E-state index in [0.29, 0.717) is 18.8 Å². The van der Waals surface area contributed by atoms with Crippen LogP contribution in [0.1, 0.15) is 18.9 Å². The molecule has 116 valence electrons. The molecule has 0 spiro atoms. The maximum absolute atomic E-state index is 11.9. The first kappa shape index (κ1) is 15.9. The van der Waals surface area contributed by atoms with E-state index in [1.807, 2.05) is 42.5 Å². The van der Waals surface area contributed by atoms with Gasteiger partial charge in [0.15, 0.2) is 0 Å². The third-order valence-corrected chi connectivity index (χ3v) is 3.28. The molecule has 2 rings (SSSR count). The fraction of sp³-hybridized carbons (Fsp3) is 0.278. The Morgan fingerprint density at radius 1 is 1.09 bits per heavy atom. The summed E-state index contributed by atoms with van der Waals surface area (Å²) in [7, 11) is 1.60. The second-order valence-corrected chi connectivity index (χ2v) is 4.88. The van der Waals surface area contributed by atoms with Gasteiger partial charge in [-0.05, 0) is 36.2 Å². The molecular formula is C18H21NO3. The Kier molecular flexibility index (Phi) is 5.83. The fourth-order valence-corrected chi connectivity index (χ4v) is 2.01. The SMILES string of the molecule is CCc1ccc(OCCC(=O)Nc2cccc(OC)c2)cc1. The number of aryl methyl sites for hydroxylation is 1. The highest BCUT2D eigenvalue weighted by Gasteiger charge is 2.04. The average Bonchev–Trinajstić information content (AvgIpc) is 2.55. The zero-order valence-electron chi connectivity index (χ0n) is 13.0. The number of methoxy groups -OCH3 is 1. The summed E-state index contributed by atoms with van der Waals surface area (Å²) in [5.41, 5.74) is 1.99. The van der Waals surface area contributed by atoms with E-state index < -0.39 is 0 Å². The smallest absolute Gasteiger partial charge is 0.227 e. The Bertz CT molecular complexity index is 608. The molecule has 1 amide bonds.